The van der Waals surface area contributed by atoms with Crippen LogP contribution in [0.4, 0.5) is 0 Å². The number of rotatable bonds is 6. The number of likely N-dealkylation sites (tertiary alicyclic amines) is 1. The van der Waals surface area contributed by atoms with Gasteiger partial charge in [0.1, 0.15) is 0 Å². The molecule has 7 heteroatoms. The summed E-state index contributed by atoms with van der Waals surface area (Å²) in [6.07, 6.45) is 5.32. The maximum atomic E-state index is 5.92. The van der Waals surface area contributed by atoms with Crippen molar-refractivity contribution in [1.82, 2.24) is 24.9 Å². The van der Waals surface area contributed by atoms with Gasteiger partial charge in [0.2, 0.25) is 0 Å². The van der Waals surface area contributed by atoms with E-state index < -0.39 is 0 Å². The second-order valence-corrected chi connectivity index (χ2v) is 9.08. The third-order valence-electron chi connectivity index (χ3n) is 6.46. The highest BCUT2D eigenvalue weighted by atomic mass is 32.1. The molecule has 0 N–H and O–H groups in total. The first kappa shape index (κ1) is 18.9. The van der Waals surface area contributed by atoms with E-state index in [1.165, 1.54) is 11.3 Å². The van der Waals surface area contributed by atoms with Gasteiger partial charge in [-0.3, -0.25) is 4.90 Å². The van der Waals surface area contributed by atoms with Gasteiger partial charge in [-0.2, -0.15) is 0 Å². The van der Waals surface area contributed by atoms with Gasteiger partial charge in [-0.25, -0.2) is 9.67 Å². The lowest BCUT2D eigenvalue weighted by atomic mass is 9.77. The highest BCUT2D eigenvalue weighted by Gasteiger charge is 2.43. The fourth-order valence-electron chi connectivity index (χ4n) is 5.05. The number of hydrogen-bond acceptors (Lipinski definition) is 6. The third-order valence-corrected chi connectivity index (χ3v) is 7.09. The standard InChI is InChI=1S/C22H27N5OS/c1-28-22-9-18-11-26(12-20-14-29-15-23-20)10-17(18)8-21(22)27-13-19(24-25-27)7-16-5-3-2-4-6-16/h2-6,13-15,17-18,21-22H,7-12H2,1H3/t17-,18+,21-,22-/m1/s1. The van der Waals surface area contributed by atoms with Crippen molar-refractivity contribution in [3.63, 3.8) is 0 Å². The number of nitrogens with zero attached hydrogens (tertiary/aromatic N) is 5. The van der Waals surface area contributed by atoms with E-state index in [0.717, 1.165) is 44.6 Å². The Kier molecular flexibility index (Phi) is 5.44. The number of fused-ring (bicyclic) bond motifs is 1. The lowest BCUT2D eigenvalue weighted by Crippen LogP contribution is -2.37. The van der Waals surface area contributed by atoms with Crippen LogP contribution in [0.3, 0.4) is 0 Å². The van der Waals surface area contributed by atoms with Gasteiger partial charge in [0, 0.05) is 44.7 Å². The van der Waals surface area contributed by atoms with E-state index in [9.17, 15) is 0 Å². The van der Waals surface area contributed by atoms with Crippen LogP contribution in [-0.4, -0.2) is 51.2 Å². The van der Waals surface area contributed by atoms with Crippen molar-refractivity contribution in [2.75, 3.05) is 20.2 Å². The fourth-order valence-corrected chi connectivity index (χ4v) is 5.60. The first-order valence-corrected chi connectivity index (χ1v) is 11.3. The Morgan fingerprint density at radius 3 is 2.69 bits per heavy atom. The van der Waals surface area contributed by atoms with Gasteiger partial charge >= 0.3 is 0 Å². The SMILES string of the molecule is CO[C@@H]1C[C@H]2CN(Cc3cscn3)C[C@H]2C[C@H]1n1cc(Cc2ccccc2)nn1. The zero-order valence-corrected chi connectivity index (χ0v) is 17.5. The minimum Gasteiger partial charge on any atom is -0.379 e. The molecule has 1 aromatic carbocycles. The normalized spacial score (nSPS) is 27.2. The fraction of sp³-hybridized carbons (Fsp3) is 0.500. The third kappa shape index (κ3) is 4.13. The molecule has 1 aliphatic heterocycles. The van der Waals surface area contributed by atoms with E-state index in [0.29, 0.717) is 11.8 Å². The van der Waals surface area contributed by atoms with Crippen LogP contribution in [0, 0.1) is 11.8 Å². The van der Waals surface area contributed by atoms with Gasteiger partial charge in [-0.1, -0.05) is 35.5 Å². The molecule has 2 fully saturated rings. The van der Waals surface area contributed by atoms with E-state index >= 15 is 0 Å². The van der Waals surface area contributed by atoms with Crippen LogP contribution in [0.5, 0.6) is 0 Å². The molecule has 2 aromatic heterocycles. The molecule has 0 bridgehead atoms. The van der Waals surface area contributed by atoms with Gasteiger partial charge in [-0.15, -0.1) is 16.4 Å². The number of thiazole rings is 1. The molecule has 0 radical (unpaired) electrons. The molecule has 5 rings (SSSR count). The van der Waals surface area contributed by atoms with E-state index in [4.69, 9.17) is 4.74 Å². The average Bonchev–Trinajstić information content (AvgIpc) is 3.48. The lowest BCUT2D eigenvalue weighted by Gasteiger charge is -2.37. The topological polar surface area (TPSA) is 56.1 Å². The highest BCUT2D eigenvalue weighted by Crippen LogP contribution is 2.42. The summed E-state index contributed by atoms with van der Waals surface area (Å²) in [6.45, 7) is 3.25. The van der Waals surface area contributed by atoms with Crippen LogP contribution < -0.4 is 0 Å². The quantitative estimate of drug-likeness (QED) is 0.624. The average molecular weight is 410 g/mol. The van der Waals surface area contributed by atoms with E-state index in [1.807, 2.05) is 18.7 Å². The molecule has 6 nitrogen and oxygen atoms in total. The van der Waals surface area contributed by atoms with Crippen LogP contribution in [0.2, 0.25) is 0 Å². The minimum atomic E-state index is 0.196. The van der Waals surface area contributed by atoms with E-state index in [-0.39, 0.29) is 12.1 Å². The van der Waals surface area contributed by atoms with Gasteiger partial charge in [0.25, 0.3) is 0 Å². The summed E-state index contributed by atoms with van der Waals surface area (Å²) in [6, 6.07) is 10.7. The molecule has 3 aromatic rings. The van der Waals surface area contributed by atoms with E-state index in [1.54, 1.807) is 11.3 Å². The van der Waals surface area contributed by atoms with Gasteiger partial charge in [0.15, 0.2) is 0 Å². The molecule has 0 amide bonds. The monoisotopic (exact) mass is 409 g/mol. The summed E-state index contributed by atoms with van der Waals surface area (Å²) in [4.78, 5) is 7.01. The number of aromatic nitrogens is 4. The molecule has 0 unspecified atom stereocenters. The highest BCUT2D eigenvalue weighted by molar-refractivity contribution is 7.07. The Hall–Kier alpha value is -2.09. The maximum Gasteiger partial charge on any atom is 0.0871 e. The molecule has 1 saturated carbocycles. The van der Waals surface area contributed by atoms with Crippen LogP contribution in [0.25, 0.3) is 0 Å². The summed E-state index contributed by atoms with van der Waals surface area (Å²) in [5.41, 5.74) is 5.40. The smallest absolute Gasteiger partial charge is 0.0871 e. The summed E-state index contributed by atoms with van der Waals surface area (Å²) in [5, 5.41) is 11.1. The first-order chi connectivity index (χ1) is 14.3. The van der Waals surface area contributed by atoms with Crippen molar-refractivity contribution in [2.45, 2.75) is 38.0 Å². The number of methoxy groups -OCH3 is 1. The van der Waals surface area contributed by atoms with Crippen molar-refractivity contribution in [3.05, 3.63) is 64.4 Å². The Labute approximate surface area is 175 Å². The molecule has 3 heterocycles. The maximum absolute atomic E-state index is 5.92. The largest absolute Gasteiger partial charge is 0.379 e. The molecule has 1 saturated heterocycles. The van der Waals surface area contributed by atoms with Crippen molar-refractivity contribution >= 4 is 11.3 Å². The molecule has 29 heavy (non-hydrogen) atoms. The van der Waals surface area contributed by atoms with Gasteiger partial charge in [0.05, 0.1) is 29.0 Å². The van der Waals surface area contributed by atoms with Gasteiger partial charge in [-0.05, 0) is 30.2 Å². The number of ether oxygens (including phenoxy) is 1. The molecule has 0 spiro atoms. The van der Waals surface area contributed by atoms with Crippen molar-refractivity contribution in [1.29, 1.82) is 0 Å². The Morgan fingerprint density at radius 2 is 1.93 bits per heavy atom. The zero-order valence-electron chi connectivity index (χ0n) is 16.7. The van der Waals surface area contributed by atoms with Crippen LogP contribution in [-0.2, 0) is 17.7 Å². The second-order valence-electron chi connectivity index (χ2n) is 8.36. The molecule has 1 aliphatic carbocycles. The Balaban J connectivity index is 1.27. The molecule has 2 aliphatic rings. The van der Waals surface area contributed by atoms with Crippen LogP contribution >= 0.6 is 11.3 Å². The van der Waals surface area contributed by atoms with Crippen molar-refractivity contribution in [2.24, 2.45) is 11.8 Å². The second kappa shape index (κ2) is 8.34. The molecular formula is C22H27N5OS. The number of hydrogen-bond donors (Lipinski definition) is 0. The zero-order chi connectivity index (χ0) is 19.6. The van der Waals surface area contributed by atoms with Crippen LogP contribution in [0.1, 0.15) is 35.8 Å². The Morgan fingerprint density at radius 1 is 1.10 bits per heavy atom. The van der Waals surface area contributed by atoms with Crippen LogP contribution in [0.15, 0.2) is 47.4 Å². The predicted octanol–water partition coefficient (Wildman–Crippen LogP) is 3.42. The minimum absolute atomic E-state index is 0.196. The summed E-state index contributed by atoms with van der Waals surface area (Å²) >= 11 is 1.68. The lowest BCUT2D eigenvalue weighted by molar-refractivity contribution is -0.00546. The molecule has 152 valence electrons. The summed E-state index contributed by atoms with van der Waals surface area (Å²) in [7, 11) is 1.84. The Bertz CT molecular complexity index is 912. The molecular weight excluding hydrogens is 382 g/mol. The van der Waals surface area contributed by atoms with Crippen molar-refractivity contribution < 1.29 is 4.74 Å². The van der Waals surface area contributed by atoms with Gasteiger partial charge < -0.3 is 4.74 Å². The van der Waals surface area contributed by atoms with Crippen molar-refractivity contribution in [3.8, 4) is 0 Å². The first-order valence-electron chi connectivity index (χ1n) is 10.4. The summed E-state index contributed by atoms with van der Waals surface area (Å²) in [5.74, 6) is 1.38. The van der Waals surface area contributed by atoms with E-state index in [2.05, 4.69) is 60.7 Å². The predicted molar refractivity (Wildman–Crippen MR) is 113 cm³/mol. The summed E-state index contributed by atoms with van der Waals surface area (Å²) < 4.78 is 7.98. The molecule has 4 atom stereocenters. The number of benzene rings is 1.